The molecule has 3 aliphatic carbocycles. The Kier molecular flexibility index (Phi) is 12.1. The number of hydrogen-bond acceptors (Lipinski definition) is 9. The molecule has 3 saturated carbocycles. The molecule has 0 radical (unpaired) electrons. The van der Waals surface area contributed by atoms with Crippen molar-refractivity contribution in [2.75, 3.05) is 26.6 Å². The minimum absolute atomic E-state index is 0.000326. The van der Waals surface area contributed by atoms with Crippen LogP contribution in [0, 0.1) is 29.1 Å². The van der Waals surface area contributed by atoms with Crippen LogP contribution in [0.1, 0.15) is 73.3 Å². The topological polar surface area (TPSA) is 129 Å². The number of nitrogens with one attached hydrogen (secondary N) is 3. The van der Waals surface area contributed by atoms with Crippen molar-refractivity contribution in [2.45, 2.75) is 104 Å². The molecule has 4 aliphatic rings. The minimum Gasteiger partial charge on any atom is -0.493 e. The maximum absolute atomic E-state index is 14.5. The van der Waals surface area contributed by atoms with Crippen molar-refractivity contribution in [3.8, 4) is 28.5 Å². The van der Waals surface area contributed by atoms with Crippen LogP contribution in [-0.4, -0.2) is 75.0 Å². The summed E-state index contributed by atoms with van der Waals surface area (Å²) in [6.07, 6.45) is 4.79. The zero-order chi connectivity index (χ0) is 39.7. The molecule has 11 nitrogen and oxygen atoms in total. The van der Waals surface area contributed by atoms with Crippen molar-refractivity contribution in [3.05, 3.63) is 66.4 Å². The van der Waals surface area contributed by atoms with Gasteiger partial charge in [0, 0.05) is 23.9 Å². The first-order chi connectivity index (χ1) is 26.2. The van der Waals surface area contributed by atoms with E-state index in [1.54, 1.807) is 27.5 Å². The van der Waals surface area contributed by atoms with Crippen LogP contribution in [0.3, 0.4) is 0 Å². The van der Waals surface area contributed by atoms with E-state index in [2.05, 4.69) is 55.6 Å². The lowest BCUT2D eigenvalue weighted by atomic mass is 9.43. The normalized spacial score (nSPS) is 23.9. The van der Waals surface area contributed by atoms with Gasteiger partial charge in [0.15, 0.2) is 11.5 Å². The fourth-order valence-electron chi connectivity index (χ4n) is 9.08. The highest BCUT2D eigenvalue weighted by atomic mass is 16.7. The van der Waals surface area contributed by atoms with Crippen molar-refractivity contribution in [3.63, 3.8) is 0 Å². The molecule has 1 aromatic heterocycles. The summed E-state index contributed by atoms with van der Waals surface area (Å²) in [5, 5.41) is 9.86. The van der Waals surface area contributed by atoms with Gasteiger partial charge in [-0.3, -0.25) is 14.6 Å². The van der Waals surface area contributed by atoms with Gasteiger partial charge in [-0.15, -0.1) is 0 Å². The van der Waals surface area contributed by atoms with Crippen LogP contribution in [0.5, 0.6) is 17.2 Å². The van der Waals surface area contributed by atoms with Gasteiger partial charge >= 0.3 is 7.12 Å². The van der Waals surface area contributed by atoms with Gasteiger partial charge in [-0.2, -0.15) is 0 Å². The fourth-order valence-corrected chi connectivity index (χ4v) is 9.08. The van der Waals surface area contributed by atoms with Crippen molar-refractivity contribution < 1.29 is 33.1 Å². The maximum Gasteiger partial charge on any atom is 0.481 e. The molecule has 2 aromatic carbocycles. The highest BCUT2D eigenvalue weighted by molar-refractivity contribution is 6.48. The van der Waals surface area contributed by atoms with Crippen LogP contribution in [-0.2, 0) is 25.3 Å². The zero-order valence-electron chi connectivity index (χ0n) is 34.1. The molecule has 1 saturated heterocycles. The number of amides is 2. The highest BCUT2D eigenvalue weighted by Crippen LogP contribution is 2.65. The number of pyridine rings is 1. The molecule has 12 heteroatoms. The van der Waals surface area contributed by atoms with Gasteiger partial charge in [-0.05, 0) is 97.2 Å². The number of hydrogen-bond donors (Lipinski definition) is 3. The first-order valence-electron chi connectivity index (χ1n) is 19.7. The standard InChI is InChI=1S/C43H59BN4O7/c1-25(2)18-37(44-54-36-24-29-23-35(42(29,5)6)43(36,7)55-44)47-41(50)38(26(3)4)48-40(49)32(19-27-20-33(51-8)39(53-10)34(21-27)52-9)46-30-15-13-14-28(22-30)31-16-11-12-17-45-31/h11-17,20-22,25-26,29,32,35-38,46H,18-19,23-24H2,1-10H3,(H,47,50)(H,48,49)/t29-,32?,35-,36+,37-,38?,43-/m0/s1. The second-order valence-corrected chi connectivity index (χ2v) is 17.0. The van der Waals surface area contributed by atoms with Crippen molar-refractivity contribution in [1.29, 1.82) is 0 Å². The van der Waals surface area contributed by atoms with Gasteiger partial charge in [0.2, 0.25) is 17.6 Å². The largest absolute Gasteiger partial charge is 0.493 e. The summed E-state index contributed by atoms with van der Waals surface area (Å²) in [5.41, 5.74) is 3.03. The molecule has 7 rings (SSSR count). The molecule has 55 heavy (non-hydrogen) atoms. The molecule has 2 amide bonds. The van der Waals surface area contributed by atoms with E-state index in [4.69, 9.17) is 23.5 Å². The molecule has 0 spiro atoms. The first kappa shape index (κ1) is 40.4. The Morgan fingerprint density at radius 3 is 2.24 bits per heavy atom. The number of carbonyl (C=O) groups excluding carboxylic acids is 2. The Bertz CT molecular complexity index is 1800. The third kappa shape index (κ3) is 8.31. The molecular weight excluding hydrogens is 695 g/mol. The van der Waals surface area contributed by atoms with Crippen LogP contribution >= 0.6 is 0 Å². The molecule has 3 aromatic rings. The van der Waals surface area contributed by atoms with Gasteiger partial charge < -0.3 is 39.5 Å². The molecule has 3 N–H and O–H groups in total. The van der Waals surface area contributed by atoms with E-state index in [0.717, 1.165) is 35.3 Å². The molecule has 4 fully saturated rings. The van der Waals surface area contributed by atoms with Crippen LogP contribution in [0.25, 0.3) is 11.3 Å². The number of carbonyl (C=O) groups is 2. The Labute approximate surface area is 327 Å². The van der Waals surface area contributed by atoms with Crippen LogP contribution in [0.15, 0.2) is 60.8 Å². The lowest BCUT2D eigenvalue weighted by molar-refractivity contribution is -0.199. The molecule has 2 unspecified atom stereocenters. The minimum atomic E-state index is -0.822. The van der Waals surface area contributed by atoms with Crippen molar-refractivity contribution in [2.24, 2.45) is 29.1 Å². The predicted octanol–water partition coefficient (Wildman–Crippen LogP) is 6.74. The maximum atomic E-state index is 14.5. The van der Waals surface area contributed by atoms with Gasteiger partial charge in [-0.1, -0.05) is 59.7 Å². The Morgan fingerprint density at radius 2 is 1.64 bits per heavy atom. The summed E-state index contributed by atoms with van der Waals surface area (Å²) < 4.78 is 30.3. The number of methoxy groups -OCH3 is 3. The van der Waals surface area contributed by atoms with E-state index in [9.17, 15) is 9.59 Å². The summed E-state index contributed by atoms with van der Waals surface area (Å²) in [6, 6.07) is 15.6. The Balaban J connectivity index is 1.24. The van der Waals surface area contributed by atoms with Crippen LogP contribution in [0.4, 0.5) is 5.69 Å². The quantitative estimate of drug-likeness (QED) is 0.136. The smallest absolute Gasteiger partial charge is 0.481 e. The first-order valence-corrected chi connectivity index (χ1v) is 19.7. The van der Waals surface area contributed by atoms with Crippen LogP contribution in [0.2, 0.25) is 0 Å². The number of ether oxygens (including phenoxy) is 3. The van der Waals surface area contributed by atoms with E-state index >= 15 is 0 Å². The van der Waals surface area contributed by atoms with Gasteiger partial charge in [0.05, 0.1) is 44.7 Å². The summed E-state index contributed by atoms with van der Waals surface area (Å²) in [6.45, 7) is 15.0. The molecule has 2 heterocycles. The summed E-state index contributed by atoms with van der Waals surface area (Å²) in [7, 11) is 4.10. The third-order valence-corrected chi connectivity index (χ3v) is 12.2. The highest BCUT2D eigenvalue weighted by Gasteiger charge is 2.68. The SMILES string of the molecule is COc1cc(CC(Nc2cccc(-c3ccccn3)c2)C(=O)NC(C(=O)N[C@@H](CC(C)C)B2O[C@@H]3C[C@@H]4C[C@@H](C4(C)C)[C@]3(C)O2)C(C)C)cc(OC)c1OC. The van der Waals surface area contributed by atoms with E-state index in [1.807, 2.05) is 68.4 Å². The Hall–Kier alpha value is -4.29. The molecule has 1 aliphatic heterocycles. The molecular formula is C43H59BN4O7. The number of anilines is 1. The molecule has 7 atom stereocenters. The van der Waals surface area contributed by atoms with Crippen molar-refractivity contribution >= 4 is 24.6 Å². The Morgan fingerprint density at radius 1 is 0.909 bits per heavy atom. The van der Waals surface area contributed by atoms with Gasteiger partial charge in [0.1, 0.15) is 12.1 Å². The number of benzene rings is 2. The van der Waals surface area contributed by atoms with Crippen LogP contribution < -0.4 is 30.2 Å². The average Bonchev–Trinajstić information content (AvgIpc) is 3.53. The second kappa shape index (κ2) is 16.4. The summed E-state index contributed by atoms with van der Waals surface area (Å²) in [4.78, 5) is 33.3. The van der Waals surface area contributed by atoms with Crippen molar-refractivity contribution in [1.82, 2.24) is 15.6 Å². The lowest BCUT2D eigenvalue weighted by Crippen LogP contribution is -2.65. The molecule has 2 bridgehead atoms. The zero-order valence-corrected chi connectivity index (χ0v) is 34.1. The van der Waals surface area contributed by atoms with E-state index in [-0.39, 0.29) is 47.5 Å². The summed E-state index contributed by atoms with van der Waals surface area (Å²) in [5.74, 6) is 1.54. The predicted molar refractivity (Wildman–Crippen MR) is 215 cm³/mol. The summed E-state index contributed by atoms with van der Waals surface area (Å²) >= 11 is 0. The number of aromatic nitrogens is 1. The average molecular weight is 755 g/mol. The monoisotopic (exact) mass is 754 g/mol. The molecule has 296 valence electrons. The van der Waals surface area contributed by atoms with E-state index in [0.29, 0.717) is 35.5 Å². The fraction of sp³-hybridized carbons (Fsp3) is 0.558. The second-order valence-electron chi connectivity index (χ2n) is 17.0. The van der Waals surface area contributed by atoms with Gasteiger partial charge in [-0.25, -0.2) is 0 Å². The van der Waals surface area contributed by atoms with E-state index < -0.39 is 24.8 Å². The number of nitrogens with zero attached hydrogens (tertiary/aromatic N) is 1. The number of rotatable bonds is 16. The van der Waals surface area contributed by atoms with E-state index in [1.165, 1.54) is 0 Å². The third-order valence-electron chi connectivity index (χ3n) is 12.2. The lowest BCUT2D eigenvalue weighted by Gasteiger charge is -2.64. The van der Waals surface area contributed by atoms with Gasteiger partial charge in [0.25, 0.3) is 0 Å².